The van der Waals surface area contributed by atoms with E-state index in [1.807, 2.05) is 0 Å². The van der Waals surface area contributed by atoms with Crippen LogP contribution >= 0.6 is 0 Å². The van der Waals surface area contributed by atoms with E-state index in [1.165, 1.54) is 24.3 Å². The highest BCUT2D eigenvalue weighted by Gasteiger charge is 2.40. The summed E-state index contributed by atoms with van der Waals surface area (Å²) >= 11 is 0. The fraction of sp³-hybridized carbons (Fsp3) is 0.300. The number of para-hydroxylation sites is 1. The molecule has 0 unspecified atom stereocenters. The number of halogens is 5. The smallest absolute Gasteiger partial charge is 0.388 e. The Morgan fingerprint density at radius 3 is 2.37 bits per heavy atom. The van der Waals surface area contributed by atoms with E-state index in [2.05, 4.69) is 16.0 Å². The van der Waals surface area contributed by atoms with Gasteiger partial charge in [-0.3, -0.25) is 14.4 Å². The third-order valence-corrected chi connectivity index (χ3v) is 7.24. The number of nitrogens with two attached hydrogens (primary N) is 1. The van der Waals surface area contributed by atoms with Crippen molar-refractivity contribution in [3.8, 4) is 0 Å². The van der Waals surface area contributed by atoms with Crippen LogP contribution in [0.2, 0.25) is 0 Å². The summed E-state index contributed by atoms with van der Waals surface area (Å²) in [6.07, 6.45) is -9.75. The Morgan fingerprint density at radius 1 is 1.05 bits per heavy atom. The number of nitrogens with one attached hydrogen (secondary N) is 3. The fourth-order valence-corrected chi connectivity index (χ4v) is 5.16. The number of alkyl halides is 5. The van der Waals surface area contributed by atoms with E-state index in [1.54, 1.807) is 54.4 Å². The normalized spacial score (nSPS) is 16.5. The number of anilines is 4. The van der Waals surface area contributed by atoms with Gasteiger partial charge < -0.3 is 26.6 Å². The van der Waals surface area contributed by atoms with Gasteiger partial charge in [-0.1, -0.05) is 48.5 Å². The summed E-state index contributed by atoms with van der Waals surface area (Å²) in [6, 6.07) is 17.2. The summed E-state index contributed by atoms with van der Waals surface area (Å²) in [7, 11) is 1.68. The first-order valence-electron chi connectivity index (χ1n) is 13.4. The van der Waals surface area contributed by atoms with Gasteiger partial charge in [0, 0.05) is 30.4 Å². The SMILES string of the molecule is CNc1cccc(N2C[C@H](NC(=O)[C@H](CCC(F)(F)F)[C@@H](C(N)=O)c3ccccc3)C(=O)Nc3c(C(F)F)cccc32)c1. The lowest BCUT2D eigenvalue weighted by Gasteiger charge is -2.30. The molecule has 3 aromatic carbocycles. The molecular weight excluding hydrogens is 573 g/mol. The molecule has 0 bridgehead atoms. The van der Waals surface area contributed by atoms with E-state index in [9.17, 15) is 36.3 Å². The summed E-state index contributed by atoms with van der Waals surface area (Å²) in [5.74, 6) is -5.90. The highest BCUT2D eigenvalue weighted by molar-refractivity contribution is 6.04. The van der Waals surface area contributed by atoms with Crippen LogP contribution in [0.4, 0.5) is 44.7 Å². The van der Waals surface area contributed by atoms with Crippen LogP contribution in [0.1, 0.15) is 36.3 Å². The van der Waals surface area contributed by atoms with Gasteiger partial charge in [0.2, 0.25) is 17.7 Å². The summed E-state index contributed by atoms with van der Waals surface area (Å²) in [5.41, 5.74) is 6.61. The third-order valence-electron chi connectivity index (χ3n) is 7.24. The minimum absolute atomic E-state index is 0.165. The molecule has 0 saturated carbocycles. The molecule has 8 nitrogen and oxygen atoms in total. The maximum atomic E-state index is 14.0. The quantitative estimate of drug-likeness (QED) is 0.230. The van der Waals surface area contributed by atoms with Crippen LogP contribution in [0.15, 0.2) is 72.8 Å². The van der Waals surface area contributed by atoms with Crippen molar-refractivity contribution in [2.45, 2.75) is 37.4 Å². The molecule has 3 aromatic rings. The lowest BCUT2D eigenvalue weighted by molar-refractivity contribution is -0.144. The monoisotopic (exact) mass is 603 g/mol. The van der Waals surface area contributed by atoms with Crippen LogP contribution in [0, 0.1) is 5.92 Å². The molecule has 43 heavy (non-hydrogen) atoms. The largest absolute Gasteiger partial charge is 0.389 e. The van der Waals surface area contributed by atoms with Crippen LogP contribution in [-0.2, 0) is 14.4 Å². The van der Waals surface area contributed by atoms with Gasteiger partial charge in [0.15, 0.2) is 0 Å². The molecule has 1 heterocycles. The zero-order valence-corrected chi connectivity index (χ0v) is 23.0. The van der Waals surface area contributed by atoms with Gasteiger partial charge in [0.25, 0.3) is 6.43 Å². The average molecular weight is 604 g/mol. The standard InChI is InChI=1S/C30H30F5N5O3/c1-37-18-9-5-10-19(15-18)40-16-22(29(43)39-25-21(26(31)32)11-6-12-23(25)40)38-28(42)20(13-14-30(33,34)35)24(27(36)41)17-7-3-2-4-8-17/h2-12,15,20,22,24,26,37H,13-14,16H2,1H3,(H2,36,41)(H,38,42)(H,39,43)/t20-,22+,24+/m1/s1. The molecule has 0 aliphatic carbocycles. The van der Waals surface area contributed by atoms with E-state index >= 15 is 0 Å². The van der Waals surface area contributed by atoms with Gasteiger partial charge in [0.05, 0.1) is 29.8 Å². The van der Waals surface area contributed by atoms with E-state index < -0.39 is 66.6 Å². The van der Waals surface area contributed by atoms with E-state index in [4.69, 9.17) is 5.73 Å². The molecule has 0 aromatic heterocycles. The van der Waals surface area contributed by atoms with Crippen LogP contribution < -0.4 is 26.6 Å². The van der Waals surface area contributed by atoms with Crippen molar-refractivity contribution in [1.29, 1.82) is 0 Å². The summed E-state index contributed by atoms with van der Waals surface area (Å²) < 4.78 is 67.9. The zero-order valence-electron chi connectivity index (χ0n) is 23.0. The molecule has 0 radical (unpaired) electrons. The molecule has 1 aliphatic heterocycles. The number of primary amides is 1. The van der Waals surface area contributed by atoms with E-state index in [0.29, 0.717) is 11.4 Å². The molecule has 13 heteroatoms. The average Bonchev–Trinajstić information content (AvgIpc) is 3.10. The Kier molecular flexibility index (Phi) is 9.52. The van der Waals surface area contributed by atoms with Crippen LogP contribution in [0.25, 0.3) is 0 Å². The predicted molar refractivity (Wildman–Crippen MR) is 152 cm³/mol. The van der Waals surface area contributed by atoms with Crippen LogP contribution in [-0.4, -0.2) is 43.5 Å². The van der Waals surface area contributed by atoms with E-state index in [-0.39, 0.29) is 23.5 Å². The molecule has 5 N–H and O–H groups in total. The Bertz CT molecular complexity index is 1470. The molecule has 3 atom stereocenters. The van der Waals surface area contributed by atoms with Crippen molar-refractivity contribution in [2.24, 2.45) is 11.7 Å². The summed E-state index contributed by atoms with van der Waals surface area (Å²) in [4.78, 5) is 41.2. The molecule has 4 rings (SSSR count). The van der Waals surface area contributed by atoms with Gasteiger partial charge in [-0.05, 0) is 36.2 Å². The van der Waals surface area contributed by atoms with Crippen molar-refractivity contribution in [1.82, 2.24) is 5.32 Å². The van der Waals surface area contributed by atoms with Gasteiger partial charge in [-0.15, -0.1) is 0 Å². The molecule has 228 valence electrons. The van der Waals surface area contributed by atoms with Crippen molar-refractivity contribution in [3.63, 3.8) is 0 Å². The van der Waals surface area contributed by atoms with Crippen LogP contribution in [0.3, 0.4) is 0 Å². The summed E-state index contributed by atoms with van der Waals surface area (Å²) in [6.45, 7) is -0.261. The van der Waals surface area contributed by atoms with Gasteiger partial charge in [-0.25, -0.2) is 8.78 Å². The first-order chi connectivity index (χ1) is 20.4. The topological polar surface area (TPSA) is 117 Å². The van der Waals surface area contributed by atoms with Crippen molar-refractivity contribution >= 4 is 40.5 Å². The number of carbonyl (C=O) groups excluding carboxylic acids is 3. The lowest BCUT2D eigenvalue weighted by atomic mass is 9.81. The Morgan fingerprint density at radius 2 is 1.74 bits per heavy atom. The zero-order chi connectivity index (χ0) is 31.3. The molecule has 3 amide bonds. The Balaban J connectivity index is 1.74. The number of rotatable bonds is 10. The second-order valence-electron chi connectivity index (χ2n) is 10.1. The van der Waals surface area contributed by atoms with Gasteiger partial charge in [0.1, 0.15) is 6.04 Å². The number of amides is 3. The van der Waals surface area contributed by atoms with Crippen LogP contribution in [0.5, 0.6) is 0 Å². The Hall–Kier alpha value is -4.68. The molecule has 0 spiro atoms. The number of nitrogens with zero attached hydrogens (tertiary/aromatic N) is 1. The maximum absolute atomic E-state index is 14.0. The lowest BCUT2D eigenvalue weighted by Crippen LogP contribution is -2.51. The van der Waals surface area contributed by atoms with E-state index in [0.717, 1.165) is 6.07 Å². The second-order valence-corrected chi connectivity index (χ2v) is 10.1. The Labute approximate surface area is 244 Å². The number of carbonyl (C=O) groups is 3. The minimum atomic E-state index is -4.64. The molecule has 0 saturated heterocycles. The molecule has 0 fully saturated rings. The highest BCUT2D eigenvalue weighted by atomic mass is 19.4. The number of hydrogen-bond acceptors (Lipinski definition) is 5. The summed E-state index contributed by atoms with van der Waals surface area (Å²) in [5, 5.41) is 7.94. The minimum Gasteiger partial charge on any atom is -0.388 e. The number of hydrogen-bond donors (Lipinski definition) is 4. The second kappa shape index (κ2) is 13.1. The highest BCUT2D eigenvalue weighted by Crippen LogP contribution is 2.41. The fourth-order valence-electron chi connectivity index (χ4n) is 5.16. The predicted octanol–water partition coefficient (Wildman–Crippen LogP) is 5.47. The third kappa shape index (κ3) is 7.40. The van der Waals surface area contributed by atoms with Crippen molar-refractivity contribution in [2.75, 3.05) is 29.1 Å². The molecular formula is C30H30F5N5O3. The van der Waals surface area contributed by atoms with Crippen molar-refractivity contribution < 1.29 is 36.3 Å². The van der Waals surface area contributed by atoms with Crippen molar-refractivity contribution in [3.05, 3.63) is 83.9 Å². The number of fused-ring (bicyclic) bond motifs is 1. The first kappa shape index (κ1) is 31.3. The first-order valence-corrected chi connectivity index (χ1v) is 13.4. The number of benzene rings is 3. The maximum Gasteiger partial charge on any atom is 0.389 e. The molecule has 1 aliphatic rings. The van der Waals surface area contributed by atoms with Gasteiger partial charge >= 0.3 is 6.18 Å². The van der Waals surface area contributed by atoms with Gasteiger partial charge in [-0.2, -0.15) is 13.2 Å².